The van der Waals surface area contributed by atoms with Gasteiger partial charge in [0, 0.05) is 11.3 Å². The van der Waals surface area contributed by atoms with E-state index in [0.29, 0.717) is 5.56 Å². The first kappa shape index (κ1) is 12.5. The highest BCUT2D eigenvalue weighted by atomic mass is 16.3. The lowest BCUT2D eigenvalue weighted by atomic mass is 10.1. The zero-order valence-corrected chi connectivity index (χ0v) is 9.64. The average molecular weight is 250 g/mol. The Kier molecular flexibility index (Phi) is 3.59. The molecule has 0 unspecified atom stereocenters. The number of benzene rings is 1. The summed E-state index contributed by atoms with van der Waals surface area (Å²) in [5, 5.41) is 22.9. The molecular weight excluding hydrogens is 236 g/mol. The van der Waals surface area contributed by atoms with E-state index >= 15 is 0 Å². The van der Waals surface area contributed by atoms with Gasteiger partial charge in [-0.05, 0) is 23.8 Å². The van der Waals surface area contributed by atoms with Crippen LogP contribution in [0.2, 0.25) is 0 Å². The number of anilines is 1. The van der Waals surface area contributed by atoms with E-state index < -0.39 is 6.04 Å². The van der Waals surface area contributed by atoms with E-state index in [9.17, 15) is 9.59 Å². The Hall–Kier alpha value is -1.92. The molecule has 1 aromatic carbocycles. The molecule has 6 heteroatoms. The molecule has 1 aliphatic rings. The summed E-state index contributed by atoms with van der Waals surface area (Å²) in [6.07, 6.45) is 0.264. The summed E-state index contributed by atoms with van der Waals surface area (Å²) >= 11 is 0. The Labute approximate surface area is 104 Å². The van der Waals surface area contributed by atoms with Crippen molar-refractivity contribution in [2.45, 2.75) is 12.5 Å². The zero-order valence-electron chi connectivity index (χ0n) is 9.64. The largest absolute Gasteiger partial charge is 0.394 e. The van der Waals surface area contributed by atoms with Crippen molar-refractivity contribution in [2.75, 3.05) is 18.5 Å². The van der Waals surface area contributed by atoms with E-state index in [0.717, 1.165) is 11.3 Å². The minimum Gasteiger partial charge on any atom is -0.394 e. The molecule has 0 bridgehead atoms. The Balaban J connectivity index is 2.13. The maximum absolute atomic E-state index is 11.8. The second-order valence-electron chi connectivity index (χ2n) is 4.13. The molecule has 0 spiro atoms. The van der Waals surface area contributed by atoms with Crippen LogP contribution in [0, 0.1) is 0 Å². The van der Waals surface area contributed by atoms with Gasteiger partial charge in [-0.1, -0.05) is 0 Å². The van der Waals surface area contributed by atoms with Gasteiger partial charge in [0.05, 0.1) is 25.7 Å². The summed E-state index contributed by atoms with van der Waals surface area (Å²) < 4.78 is 0. The molecule has 1 aliphatic heterocycles. The summed E-state index contributed by atoms with van der Waals surface area (Å²) in [5.41, 5.74) is 1.90. The van der Waals surface area contributed by atoms with Crippen molar-refractivity contribution in [3.05, 3.63) is 29.3 Å². The minimum absolute atomic E-state index is 0.0915. The number of fused-ring (bicyclic) bond motifs is 1. The maximum Gasteiger partial charge on any atom is 0.251 e. The van der Waals surface area contributed by atoms with Gasteiger partial charge in [0.15, 0.2) is 0 Å². The first-order chi connectivity index (χ1) is 8.63. The quantitative estimate of drug-likeness (QED) is 0.566. The van der Waals surface area contributed by atoms with E-state index in [-0.39, 0.29) is 31.4 Å². The minimum atomic E-state index is -0.675. The lowest BCUT2D eigenvalue weighted by Gasteiger charge is -2.13. The fraction of sp³-hybridized carbons (Fsp3) is 0.333. The number of hydrogen-bond donors (Lipinski definition) is 4. The van der Waals surface area contributed by atoms with Gasteiger partial charge in [-0.3, -0.25) is 9.59 Å². The van der Waals surface area contributed by atoms with Crippen LogP contribution < -0.4 is 10.6 Å². The average Bonchev–Trinajstić information content (AvgIpc) is 2.74. The molecule has 6 nitrogen and oxygen atoms in total. The van der Waals surface area contributed by atoms with Gasteiger partial charge in [0.2, 0.25) is 5.91 Å². The van der Waals surface area contributed by atoms with Crippen LogP contribution in [0.1, 0.15) is 15.9 Å². The summed E-state index contributed by atoms with van der Waals surface area (Å²) in [4.78, 5) is 23.0. The Morgan fingerprint density at radius 2 is 2.11 bits per heavy atom. The third-order valence-corrected chi connectivity index (χ3v) is 2.77. The third kappa shape index (κ3) is 2.49. The highest BCUT2D eigenvalue weighted by molar-refractivity contribution is 6.01. The number of amides is 2. The Bertz CT molecular complexity index is 483. The van der Waals surface area contributed by atoms with Crippen LogP contribution in [0.5, 0.6) is 0 Å². The molecule has 0 saturated heterocycles. The third-order valence-electron chi connectivity index (χ3n) is 2.77. The van der Waals surface area contributed by atoms with Crippen LogP contribution in [0.4, 0.5) is 5.69 Å². The van der Waals surface area contributed by atoms with Crippen LogP contribution >= 0.6 is 0 Å². The van der Waals surface area contributed by atoms with E-state index in [2.05, 4.69) is 10.6 Å². The second kappa shape index (κ2) is 5.16. The van der Waals surface area contributed by atoms with Crippen molar-refractivity contribution in [3.63, 3.8) is 0 Å². The first-order valence-corrected chi connectivity index (χ1v) is 5.59. The van der Waals surface area contributed by atoms with Gasteiger partial charge in [-0.15, -0.1) is 0 Å². The molecule has 2 rings (SSSR count). The van der Waals surface area contributed by atoms with Gasteiger partial charge in [0.1, 0.15) is 0 Å². The number of carbonyl (C=O) groups excluding carboxylic acids is 2. The smallest absolute Gasteiger partial charge is 0.251 e. The van der Waals surface area contributed by atoms with E-state index in [4.69, 9.17) is 10.2 Å². The monoisotopic (exact) mass is 250 g/mol. The molecular formula is C12H14N2O4. The van der Waals surface area contributed by atoms with Crippen LogP contribution in [0.3, 0.4) is 0 Å². The Morgan fingerprint density at radius 1 is 1.39 bits per heavy atom. The predicted octanol–water partition coefficient (Wildman–Crippen LogP) is -0.736. The van der Waals surface area contributed by atoms with Crippen molar-refractivity contribution < 1.29 is 19.8 Å². The molecule has 0 saturated carbocycles. The van der Waals surface area contributed by atoms with Gasteiger partial charge in [-0.25, -0.2) is 0 Å². The fourth-order valence-electron chi connectivity index (χ4n) is 1.79. The van der Waals surface area contributed by atoms with Crippen LogP contribution in [-0.2, 0) is 11.2 Å². The summed E-state index contributed by atoms with van der Waals surface area (Å²) in [7, 11) is 0. The number of carbonyl (C=O) groups is 2. The number of rotatable bonds is 4. The lowest BCUT2D eigenvalue weighted by molar-refractivity contribution is -0.115. The molecule has 1 heterocycles. The highest BCUT2D eigenvalue weighted by Crippen LogP contribution is 2.23. The van der Waals surface area contributed by atoms with E-state index in [1.165, 1.54) is 0 Å². The van der Waals surface area contributed by atoms with Crippen molar-refractivity contribution in [1.82, 2.24) is 5.32 Å². The van der Waals surface area contributed by atoms with Crippen molar-refractivity contribution in [3.8, 4) is 0 Å². The zero-order chi connectivity index (χ0) is 13.1. The number of nitrogens with one attached hydrogen (secondary N) is 2. The normalized spacial score (nSPS) is 13.4. The second-order valence-corrected chi connectivity index (χ2v) is 4.13. The molecule has 0 fully saturated rings. The van der Waals surface area contributed by atoms with Crippen molar-refractivity contribution in [1.29, 1.82) is 0 Å². The first-order valence-electron chi connectivity index (χ1n) is 5.59. The topological polar surface area (TPSA) is 98.7 Å². The molecule has 4 N–H and O–H groups in total. The van der Waals surface area contributed by atoms with Crippen LogP contribution in [0.25, 0.3) is 0 Å². The van der Waals surface area contributed by atoms with Gasteiger partial charge >= 0.3 is 0 Å². The SMILES string of the molecule is O=C1Cc2cc(C(=O)NC(CO)CO)ccc2N1. The molecule has 0 aliphatic carbocycles. The van der Waals surface area contributed by atoms with Gasteiger partial charge in [0.25, 0.3) is 5.91 Å². The summed E-state index contributed by atoms with van der Waals surface area (Å²) in [6.45, 7) is -0.652. The molecule has 0 radical (unpaired) electrons. The number of hydrogen-bond acceptors (Lipinski definition) is 4. The molecule has 18 heavy (non-hydrogen) atoms. The summed E-state index contributed by atoms with van der Waals surface area (Å²) in [5.74, 6) is -0.476. The predicted molar refractivity (Wildman–Crippen MR) is 64.2 cm³/mol. The van der Waals surface area contributed by atoms with Gasteiger partial charge < -0.3 is 20.8 Å². The maximum atomic E-state index is 11.8. The number of aliphatic hydroxyl groups is 2. The standard InChI is InChI=1S/C12H14N2O4/c15-5-9(6-16)13-12(18)7-1-2-10-8(3-7)4-11(17)14-10/h1-3,9,15-16H,4-6H2,(H,13,18)(H,14,17). The van der Waals surface area contributed by atoms with E-state index in [1.54, 1.807) is 18.2 Å². The molecule has 1 aromatic rings. The highest BCUT2D eigenvalue weighted by Gasteiger charge is 2.19. The van der Waals surface area contributed by atoms with Crippen molar-refractivity contribution in [2.24, 2.45) is 0 Å². The van der Waals surface area contributed by atoms with Crippen LogP contribution in [-0.4, -0.2) is 41.3 Å². The lowest BCUT2D eigenvalue weighted by Crippen LogP contribution is -2.40. The van der Waals surface area contributed by atoms with Crippen molar-refractivity contribution >= 4 is 17.5 Å². The van der Waals surface area contributed by atoms with Gasteiger partial charge in [-0.2, -0.15) is 0 Å². The molecule has 2 amide bonds. The molecule has 0 aromatic heterocycles. The fourth-order valence-corrected chi connectivity index (χ4v) is 1.79. The number of aliphatic hydroxyl groups excluding tert-OH is 2. The molecule has 96 valence electrons. The summed E-state index contributed by atoms with van der Waals surface area (Å²) in [6, 6.07) is 4.22. The van der Waals surface area contributed by atoms with Crippen LogP contribution in [0.15, 0.2) is 18.2 Å². The Morgan fingerprint density at radius 3 is 2.78 bits per heavy atom. The van der Waals surface area contributed by atoms with E-state index in [1.807, 2.05) is 0 Å². The molecule has 0 atom stereocenters.